The van der Waals surface area contributed by atoms with Crippen LogP contribution in [-0.4, -0.2) is 35.4 Å². The van der Waals surface area contributed by atoms with Gasteiger partial charge in [0.15, 0.2) is 9.84 Å². The molecule has 8 nitrogen and oxygen atoms in total. The highest BCUT2D eigenvalue weighted by molar-refractivity contribution is 7.92. The Bertz CT molecular complexity index is 1510. The first-order valence-electron chi connectivity index (χ1n) is 10.5. The summed E-state index contributed by atoms with van der Waals surface area (Å²) in [4.78, 5) is 28.3. The molecule has 9 heteroatoms. The first-order valence-corrected chi connectivity index (χ1v) is 12.5. The van der Waals surface area contributed by atoms with Gasteiger partial charge in [-0.15, -0.1) is 0 Å². The standard InChI is InChI=1S/C25H23N3O5S/c1-34(31,32)23(25(26)30)12-15-28-14-11-18(16-24(28)29)17-6-8-19(9-7-17)33-22-10-13-27-21-5-3-2-4-20(21)22/h2-11,13-14,16,23H,12,15H2,1H3,(H2,26,30). The Hall–Kier alpha value is -3.98. The number of benzene rings is 2. The number of pyridine rings is 2. The van der Waals surface area contributed by atoms with E-state index in [0.29, 0.717) is 17.1 Å². The van der Waals surface area contributed by atoms with Crippen LogP contribution in [0, 0.1) is 0 Å². The van der Waals surface area contributed by atoms with Crippen molar-refractivity contribution in [3.8, 4) is 22.6 Å². The van der Waals surface area contributed by atoms with Gasteiger partial charge in [0.1, 0.15) is 16.7 Å². The molecule has 0 radical (unpaired) electrons. The third-order valence-electron chi connectivity index (χ3n) is 5.49. The summed E-state index contributed by atoms with van der Waals surface area (Å²) in [5.41, 5.74) is 7.26. The lowest BCUT2D eigenvalue weighted by atomic mass is 10.1. The Labute approximate surface area is 196 Å². The van der Waals surface area contributed by atoms with E-state index in [1.54, 1.807) is 18.5 Å². The number of primary amides is 1. The maximum absolute atomic E-state index is 12.5. The molecule has 1 amide bonds. The smallest absolute Gasteiger partial charge is 0.251 e. The van der Waals surface area contributed by atoms with Crippen molar-refractivity contribution in [3.63, 3.8) is 0 Å². The molecule has 0 bridgehead atoms. The van der Waals surface area contributed by atoms with Gasteiger partial charge >= 0.3 is 0 Å². The summed E-state index contributed by atoms with van der Waals surface area (Å²) in [5.74, 6) is 0.422. The minimum atomic E-state index is -3.64. The molecule has 1 atom stereocenters. The summed E-state index contributed by atoms with van der Waals surface area (Å²) in [6.07, 6.45) is 4.16. The zero-order chi connectivity index (χ0) is 24.3. The average molecular weight is 478 g/mol. The Morgan fingerprint density at radius 3 is 2.47 bits per heavy atom. The van der Waals surface area contributed by atoms with Crippen LogP contribution < -0.4 is 16.0 Å². The highest BCUT2D eigenvalue weighted by Gasteiger charge is 2.26. The van der Waals surface area contributed by atoms with Crippen LogP contribution in [0.2, 0.25) is 0 Å². The minimum Gasteiger partial charge on any atom is -0.457 e. The zero-order valence-electron chi connectivity index (χ0n) is 18.4. The molecule has 1 unspecified atom stereocenters. The van der Waals surface area contributed by atoms with Crippen LogP contribution in [0.15, 0.2) is 83.9 Å². The molecule has 0 fully saturated rings. The van der Waals surface area contributed by atoms with Crippen molar-refractivity contribution in [1.29, 1.82) is 0 Å². The van der Waals surface area contributed by atoms with Gasteiger partial charge in [0, 0.05) is 36.6 Å². The van der Waals surface area contributed by atoms with E-state index >= 15 is 0 Å². The van der Waals surface area contributed by atoms with Crippen LogP contribution >= 0.6 is 0 Å². The Morgan fingerprint density at radius 1 is 1.06 bits per heavy atom. The number of aromatic nitrogens is 2. The van der Waals surface area contributed by atoms with E-state index in [-0.39, 0.29) is 18.5 Å². The third-order valence-corrected chi connectivity index (χ3v) is 6.99. The molecule has 0 saturated heterocycles. The van der Waals surface area contributed by atoms with Crippen molar-refractivity contribution < 1.29 is 17.9 Å². The summed E-state index contributed by atoms with van der Waals surface area (Å²) in [6, 6.07) is 20.1. The zero-order valence-corrected chi connectivity index (χ0v) is 19.2. The Kier molecular flexibility index (Phi) is 6.47. The Balaban J connectivity index is 1.49. The number of nitrogens with two attached hydrogens (primary N) is 1. The van der Waals surface area contributed by atoms with Crippen LogP contribution in [0.3, 0.4) is 0 Å². The number of sulfone groups is 1. The predicted molar refractivity (Wildman–Crippen MR) is 130 cm³/mol. The predicted octanol–water partition coefficient (Wildman–Crippen LogP) is 3.14. The molecule has 0 saturated carbocycles. The van der Waals surface area contributed by atoms with E-state index in [1.807, 2.05) is 54.6 Å². The highest BCUT2D eigenvalue weighted by Crippen LogP contribution is 2.30. The van der Waals surface area contributed by atoms with E-state index in [1.165, 1.54) is 10.6 Å². The average Bonchev–Trinajstić information content (AvgIpc) is 2.80. The second-order valence-electron chi connectivity index (χ2n) is 7.91. The van der Waals surface area contributed by atoms with Gasteiger partial charge in [-0.25, -0.2) is 8.42 Å². The molecule has 2 N–H and O–H groups in total. The highest BCUT2D eigenvalue weighted by atomic mass is 32.2. The van der Waals surface area contributed by atoms with Crippen molar-refractivity contribution in [2.75, 3.05) is 6.26 Å². The van der Waals surface area contributed by atoms with Gasteiger partial charge < -0.3 is 15.0 Å². The lowest BCUT2D eigenvalue weighted by Gasteiger charge is -2.13. The van der Waals surface area contributed by atoms with Gasteiger partial charge in [-0.3, -0.25) is 14.6 Å². The van der Waals surface area contributed by atoms with E-state index in [4.69, 9.17) is 10.5 Å². The SMILES string of the molecule is CS(=O)(=O)C(CCn1ccc(-c2ccc(Oc3ccnc4ccccc34)cc2)cc1=O)C(N)=O. The van der Waals surface area contributed by atoms with Crippen LogP contribution in [-0.2, 0) is 21.2 Å². The van der Waals surface area contributed by atoms with Crippen molar-refractivity contribution in [1.82, 2.24) is 9.55 Å². The number of aryl methyl sites for hydroxylation is 1. The van der Waals surface area contributed by atoms with Gasteiger partial charge in [-0.05, 0) is 53.9 Å². The van der Waals surface area contributed by atoms with Crippen molar-refractivity contribution in [3.05, 3.63) is 89.5 Å². The van der Waals surface area contributed by atoms with Crippen LogP contribution in [0.25, 0.3) is 22.0 Å². The molecule has 0 aliphatic carbocycles. The number of hydrogen-bond donors (Lipinski definition) is 1. The molecule has 2 aromatic heterocycles. The van der Waals surface area contributed by atoms with Gasteiger partial charge in [-0.1, -0.05) is 24.3 Å². The maximum atomic E-state index is 12.5. The molecular formula is C25H23N3O5S. The van der Waals surface area contributed by atoms with Crippen molar-refractivity contribution >= 4 is 26.6 Å². The minimum absolute atomic E-state index is 0.0620. The van der Waals surface area contributed by atoms with Crippen molar-refractivity contribution in [2.45, 2.75) is 18.2 Å². The number of nitrogens with zero attached hydrogens (tertiary/aromatic N) is 2. The Morgan fingerprint density at radius 2 is 1.79 bits per heavy atom. The van der Waals surface area contributed by atoms with Crippen LogP contribution in [0.5, 0.6) is 11.5 Å². The fourth-order valence-corrected chi connectivity index (χ4v) is 4.65. The molecule has 0 aliphatic rings. The molecule has 2 heterocycles. The maximum Gasteiger partial charge on any atom is 0.251 e. The normalized spacial score (nSPS) is 12.4. The molecule has 0 aliphatic heterocycles. The molecule has 0 spiro atoms. The summed E-state index contributed by atoms with van der Waals surface area (Å²) in [5, 5.41) is -0.420. The largest absolute Gasteiger partial charge is 0.457 e. The number of ether oxygens (including phenoxy) is 1. The van der Waals surface area contributed by atoms with Crippen LogP contribution in [0.1, 0.15) is 6.42 Å². The number of hydrogen-bond acceptors (Lipinski definition) is 6. The van der Waals surface area contributed by atoms with Gasteiger partial charge in [-0.2, -0.15) is 0 Å². The second kappa shape index (κ2) is 9.48. The first-order chi connectivity index (χ1) is 16.2. The van der Waals surface area contributed by atoms with Gasteiger partial charge in [0.25, 0.3) is 5.56 Å². The van der Waals surface area contributed by atoms with Gasteiger partial charge in [0.05, 0.1) is 5.52 Å². The number of carbonyl (C=O) groups is 1. The van der Waals surface area contributed by atoms with Crippen LogP contribution in [0.4, 0.5) is 0 Å². The van der Waals surface area contributed by atoms with Gasteiger partial charge in [0.2, 0.25) is 5.91 Å². The number of carbonyl (C=O) groups excluding carboxylic acids is 1. The molecule has 174 valence electrons. The van der Waals surface area contributed by atoms with E-state index < -0.39 is 21.0 Å². The quantitative estimate of drug-likeness (QED) is 0.416. The monoisotopic (exact) mass is 477 g/mol. The molecule has 2 aromatic carbocycles. The number of fused-ring (bicyclic) bond motifs is 1. The number of amides is 1. The van der Waals surface area contributed by atoms with E-state index in [9.17, 15) is 18.0 Å². The van der Waals surface area contributed by atoms with Crippen molar-refractivity contribution in [2.24, 2.45) is 5.73 Å². The summed E-state index contributed by atoms with van der Waals surface area (Å²) in [6.45, 7) is 0.0620. The summed E-state index contributed by atoms with van der Waals surface area (Å²) >= 11 is 0. The third kappa shape index (κ3) is 5.15. The lowest BCUT2D eigenvalue weighted by Crippen LogP contribution is -2.36. The second-order valence-corrected chi connectivity index (χ2v) is 10.1. The fraction of sp³-hybridized carbons (Fsp3) is 0.160. The molecule has 4 rings (SSSR count). The number of rotatable bonds is 8. The van der Waals surface area contributed by atoms with E-state index in [0.717, 1.165) is 22.7 Å². The summed E-state index contributed by atoms with van der Waals surface area (Å²) < 4.78 is 30.8. The molecule has 34 heavy (non-hydrogen) atoms. The summed E-state index contributed by atoms with van der Waals surface area (Å²) in [7, 11) is -3.64. The topological polar surface area (TPSA) is 121 Å². The molecule has 4 aromatic rings. The fourth-order valence-electron chi connectivity index (χ4n) is 3.70. The van der Waals surface area contributed by atoms with E-state index in [2.05, 4.69) is 4.98 Å². The molecular weight excluding hydrogens is 454 g/mol. The lowest BCUT2D eigenvalue weighted by molar-refractivity contribution is -0.117. The number of para-hydroxylation sites is 1. The first kappa shape index (κ1) is 23.2.